The second-order valence-corrected chi connectivity index (χ2v) is 9.31. The summed E-state index contributed by atoms with van der Waals surface area (Å²) in [5, 5.41) is 10.1. The van der Waals surface area contributed by atoms with Gasteiger partial charge in [-0.05, 0) is 51.4 Å². The van der Waals surface area contributed by atoms with Gasteiger partial charge in [-0.2, -0.15) is 0 Å². The summed E-state index contributed by atoms with van der Waals surface area (Å²) in [6, 6.07) is 0. The molecule has 0 spiro atoms. The van der Waals surface area contributed by atoms with Crippen molar-refractivity contribution in [2.75, 3.05) is 19.6 Å². The van der Waals surface area contributed by atoms with Crippen molar-refractivity contribution < 1.29 is 24.2 Å². The Morgan fingerprint density at radius 3 is 2.19 bits per heavy atom. The molecular weight excluding hydrogens is 336 g/mol. The van der Waals surface area contributed by atoms with Crippen LogP contribution in [-0.2, 0) is 19.1 Å². The Morgan fingerprint density at radius 1 is 1.19 bits per heavy atom. The van der Waals surface area contributed by atoms with Gasteiger partial charge < -0.3 is 15.6 Å². The summed E-state index contributed by atoms with van der Waals surface area (Å²) in [5.74, 6) is -2.73. The molecule has 0 radical (unpaired) electrons. The number of piperidine rings is 1. The lowest BCUT2D eigenvalue weighted by molar-refractivity contribution is -0.172. The zero-order valence-electron chi connectivity index (χ0n) is 16.9. The van der Waals surface area contributed by atoms with E-state index in [-0.39, 0.29) is 18.5 Å². The number of aliphatic carboxylic acids is 1. The molecule has 7 nitrogen and oxygen atoms in total. The van der Waals surface area contributed by atoms with Gasteiger partial charge in [-0.3, -0.25) is 14.5 Å². The molecule has 1 aliphatic rings. The van der Waals surface area contributed by atoms with Gasteiger partial charge in [-0.25, -0.2) is 4.79 Å². The molecule has 150 valence electrons. The average Bonchev–Trinajstić information content (AvgIpc) is 2.42. The molecule has 1 aliphatic heterocycles. The van der Waals surface area contributed by atoms with E-state index in [4.69, 9.17) is 10.5 Å². The first kappa shape index (κ1) is 22.6. The van der Waals surface area contributed by atoms with Crippen molar-refractivity contribution >= 4 is 17.7 Å². The summed E-state index contributed by atoms with van der Waals surface area (Å²) in [6.45, 7) is 11.0. The van der Waals surface area contributed by atoms with Crippen LogP contribution in [-0.4, -0.2) is 58.5 Å². The summed E-state index contributed by atoms with van der Waals surface area (Å²) < 4.78 is 5.35. The number of ether oxygens (including phenoxy) is 1. The van der Waals surface area contributed by atoms with E-state index in [9.17, 15) is 19.5 Å². The van der Waals surface area contributed by atoms with E-state index < -0.39 is 34.8 Å². The molecule has 2 atom stereocenters. The molecule has 7 heteroatoms. The lowest BCUT2D eigenvalue weighted by Gasteiger charge is -2.49. The van der Waals surface area contributed by atoms with E-state index in [1.807, 2.05) is 20.8 Å². The first-order valence-corrected chi connectivity index (χ1v) is 9.17. The molecule has 0 aromatic rings. The number of ketones is 1. The minimum absolute atomic E-state index is 0.158. The molecule has 1 heterocycles. The maximum absolute atomic E-state index is 12.8. The molecular formula is C19H34N2O5. The Kier molecular flexibility index (Phi) is 6.98. The van der Waals surface area contributed by atoms with Crippen LogP contribution in [0, 0.1) is 11.3 Å². The number of carboxylic acids is 1. The summed E-state index contributed by atoms with van der Waals surface area (Å²) in [5.41, 5.74) is 2.97. The number of Topliss-reactive ketones (excluding diaryl/α,β-unsaturated/α-hetero) is 1. The molecule has 1 saturated heterocycles. The van der Waals surface area contributed by atoms with E-state index >= 15 is 0 Å². The zero-order valence-corrected chi connectivity index (χ0v) is 16.9. The van der Waals surface area contributed by atoms with Crippen molar-refractivity contribution in [1.82, 2.24) is 4.90 Å². The smallest absolute Gasteiger partial charge is 0.332 e. The molecule has 0 aromatic carbocycles. The molecule has 1 rings (SSSR count). The second-order valence-electron chi connectivity index (χ2n) is 9.31. The number of carboxylic acid groups (broad SMARTS) is 1. The summed E-state index contributed by atoms with van der Waals surface area (Å²) in [6.07, 6.45) is 1.88. The maximum atomic E-state index is 12.8. The van der Waals surface area contributed by atoms with Crippen molar-refractivity contribution in [3.63, 3.8) is 0 Å². The Hall–Kier alpha value is -1.47. The number of likely N-dealkylation sites (tertiary alicyclic amines) is 1. The van der Waals surface area contributed by atoms with Crippen molar-refractivity contribution in [2.24, 2.45) is 17.1 Å². The standard InChI is InChI=1S/C19H34N2O5/c1-17(2,3)10-13-8-7-9-21(12-15(23)26-18(4,5)6)19(13,16(24)25)14(22)11-20/h13H,7-12,20H2,1-6H3,(H,24,25). The van der Waals surface area contributed by atoms with E-state index in [1.54, 1.807) is 20.8 Å². The van der Waals surface area contributed by atoms with Gasteiger partial charge in [0.2, 0.25) is 0 Å². The Labute approximate surface area is 156 Å². The largest absolute Gasteiger partial charge is 0.480 e. The number of hydrogen-bond donors (Lipinski definition) is 2. The van der Waals surface area contributed by atoms with Gasteiger partial charge in [0.1, 0.15) is 5.60 Å². The highest BCUT2D eigenvalue weighted by Gasteiger charge is 2.58. The lowest BCUT2D eigenvalue weighted by atomic mass is 9.67. The summed E-state index contributed by atoms with van der Waals surface area (Å²) >= 11 is 0. The van der Waals surface area contributed by atoms with Crippen LogP contribution in [0.4, 0.5) is 0 Å². The summed E-state index contributed by atoms with van der Waals surface area (Å²) in [4.78, 5) is 39.0. The predicted octanol–water partition coefficient (Wildman–Crippen LogP) is 1.83. The molecule has 0 saturated carbocycles. The Morgan fingerprint density at radius 2 is 1.77 bits per heavy atom. The van der Waals surface area contributed by atoms with Crippen LogP contribution in [0.1, 0.15) is 60.8 Å². The number of esters is 1. The van der Waals surface area contributed by atoms with Gasteiger partial charge in [0, 0.05) is 6.54 Å². The van der Waals surface area contributed by atoms with E-state index in [0.29, 0.717) is 19.4 Å². The van der Waals surface area contributed by atoms with Crippen LogP contribution < -0.4 is 5.73 Å². The third-order valence-electron chi connectivity index (χ3n) is 4.61. The molecule has 2 unspecified atom stereocenters. The number of nitrogens with zero attached hydrogens (tertiary/aromatic N) is 1. The quantitative estimate of drug-likeness (QED) is 0.542. The van der Waals surface area contributed by atoms with Crippen molar-refractivity contribution in [3.05, 3.63) is 0 Å². The first-order chi connectivity index (χ1) is 11.7. The van der Waals surface area contributed by atoms with Crippen molar-refractivity contribution in [2.45, 2.75) is 71.9 Å². The second kappa shape index (κ2) is 8.05. The van der Waals surface area contributed by atoms with Gasteiger partial charge in [-0.15, -0.1) is 0 Å². The Bertz CT molecular complexity index is 547. The topological polar surface area (TPSA) is 110 Å². The zero-order chi connectivity index (χ0) is 20.3. The fraction of sp³-hybridized carbons (Fsp3) is 0.842. The highest BCUT2D eigenvalue weighted by atomic mass is 16.6. The number of hydrogen-bond acceptors (Lipinski definition) is 6. The fourth-order valence-corrected chi connectivity index (χ4v) is 3.88. The molecule has 0 aromatic heterocycles. The molecule has 3 N–H and O–H groups in total. The van der Waals surface area contributed by atoms with Gasteiger partial charge in [0.05, 0.1) is 13.1 Å². The Balaban J connectivity index is 3.29. The average molecular weight is 370 g/mol. The highest BCUT2D eigenvalue weighted by molar-refractivity contribution is 6.09. The van der Waals surface area contributed by atoms with Gasteiger partial charge in [0.15, 0.2) is 11.3 Å². The van der Waals surface area contributed by atoms with E-state index in [2.05, 4.69) is 0 Å². The fourth-order valence-electron chi connectivity index (χ4n) is 3.88. The molecule has 0 bridgehead atoms. The van der Waals surface area contributed by atoms with Crippen LogP contribution >= 0.6 is 0 Å². The maximum Gasteiger partial charge on any atom is 0.332 e. The lowest BCUT2D eigenvalue weighted by Crippen LogP contribution is -2.69. The number of nitrogens with two attached hydrogens (primary N) is 1. The van der Waals surface area contributed by atoms with Crippen LogP contribution in [0.5, 0.6) is 0 Å². The predicted molar refractivity (Wildman–Crippen MR) is 98.6 cm³/mol. The highest BCUT2D eigenvalue weighted by Crippen LogP contribution is 2.41. The number of carbonyl (C=O) groups excluding carboxylic acids is 2. The summed E-state index contributed by atoms with van der Waals surface area (Å²) in [7, 11) is 0. The van der Waals surface area contributed by atoms with Crippen molar-refractivity contribution in [1.29, 1.82) is 0 Å². The third-order valence-corrected chi connectivity index (χ3v) is 4.61. The SMILES string of the molecule is CC(C)(C)CC1CCCN(CC(=O)OC(C)(C)C)C1(C(=O)O)C(=O)CN. The van der Waals surface area contributed by atoms with E-state index in [0.717, 1.165) is 6.42 Å². The van der Waals surface area contributed by atoms with E-state index in [1.165, 1.54) is 4.90 Å². The van der Waals surface area contributed by atoms with Crippen LogP contribution in [0.3, 0.4) is 0 Å². The van der Waals surface area contributed by atoms with Crippen LogP contribution in [0.25, 0.3) is 0 Å². The normalized spacial score (nSPS) is 25.0. The van der Waals surface area contributed by atoms with Gasteiger partial charge >= 0.3 is 11.9 Å². The molecule has 0 aliphatic carbocycles. The van der Waals surface area contributed by atoms with Crippen LogP contribution in [0.15, 0.2) is 0 Å². The minimum atomic E-state index is -1.78. The monoisotopic (exact) mass is 370 g/mol. The molecule has 26 heavy (non-hydrogen) atoms. The third kappa shape index (κ3) is 5.27. The van der Waals surface area contributed by atoms with Gasteiger partial charge in [-0.1, -0.05) is 20.8 Å². The van der Waals surface area contributed by atoms with Crippen LogP contribution in [0.2, 0.25) is 0 Å². The van der Waals surface area contributed by atoms with Crippen molar-refractivity contribution in [3.8, 4) is 0 Å². The molecule has 0 amide bonds. The van der Waals surface area contributed by atoms with Gasteiger partial charge in [0.25, 0.3) is 0 Å². The first-order valence-electron chi connectivity index (χ1n) is 9.17. The number of rotatable bonds is 6. The minimum Gasteiger partial charge on any atom is -0.480 e. The molecule has 1 fully saturated rings. The number of carbonyl (C=O) groups is 3.